The Kier molecular flexibility index (Phi) is 4.92. The van der Waals surface area contributed by atoms with E-state index in [0.29, 0.717) is 5.56 Å². The quantitative estimate of drug-likeness (QED) is 0.794. The van der Waals surface area contributed by atoms with Gasteiger partial charge in [0.15, 0.2) is 11.6 Å². The largest absolute Gasteiger partial charge is 0.485 e. The Morgan fingerprint density at radius 3 is 2.72 bits per heavy atom. The topological polar surface area (TPSA) is 68.7 Å². The maximum Gasteiger partial charge on any atom is 0.328 e. The number of amides is 1. The van der Waals surface area contributed by atoms with E-state index >= 15 is 0 Å². The van der Waals surface area contributed by atoms with Crippen molar-refractivity contribution in [2.24, 2.45) is 0 Å². The van der Waals surface area contributed by atoms with Gasteiger partial charge in [-0.15, -0.1) is 0 Å². The number of para-hydroxylation sites is 1. The molecule has 1 aromatic carbocycles. The van der Waals surface area contributed by atoms with Crippen molar-refractivity contribution in [1.82, 2.24) is 9.88 Å². The summed E-state index contributed by atoms with van der Waals surface area (Å²) in [6.45, 7) is 0.155. The predicted octanol–water partition coefficient (Wildman–Crippen LogP) is 2.06. The summed E-state index contributed by atoms with van der Waals surface area (Å²) in [5.41, 5.74) is 0.364. The molecule has 25 heavy (non-hydrogen) atoms. The van der Waals surface area contributed by atoms with Crippen molar-refractivity contribution in [2.75, 3.05) is 13.7 Å². The SMILES string of the molecule is COC(=O)[C@H]1C[C@@H](Oc2ccccc2F)CN1C(=O)c1cccnc1. The molecule has 1 amide bonds. The molecule has 1 aromatic heterocycles. The number of carbonyl (C=O) groups is 2. The highest BCUT2D eigenvalue weighted by Crippen LogP contribution is 2.26. The average molecular weight is 344 g/mol. The van der Waals surface area contributed by atoms with Crippen LogP contribution in [0.3, 0.4) is 0 Å². The minimum Gasteiger partial charge on any atom is -0.485 e. The number of halogens is 1. The highest BCUT2D eigenvalue weighted by molar-refractivity contribution is 5.97. The van der Waals surface area contributed by atoms with Crippen LogP contribution in [0.1, 0.15) is 16.8 Å². The average Bonchev–Trinajstić information content (AvgIpc) is 3.07. The van der Waals surface area contributed by atoms with Crippen molar-refractivity contribution in [3.05, 3.63) is 60.2 Å². The molecule has 2 atom stereocenters. The van der Waals surface area contributed by atoms with Gasteiger partial charge in [0.25, 0.3) is 5.91 Å². The van der Waals surface area contributed by atoms with Crippen molar-refractivity contribution in [1.29, 1.82) is 0 Å². The van der Waals surface area contributed by atoms with Crippen molar-refractivity contribution >= 4 is 11.9 Å². The van der Waals surface area contributed by atoms with Crippen LogP contribution in [0.5, 0.6) is 5.75 Å². The maximum absolute atomic E-state index is 13.8. The lowest BCUT2D eigenvalue weighted by atomic mass is 10.2. The molecule has 1 aliphatic rings. The monoisotopic (exact) mass is 344 g/mol. The van der Waals surface area contributed by atoms with E-state index in [4.69, 9.17) is 9.47 Å². The Bertz CT molecular complexity index is 769. The summed E-state index contributed by atoms with van der Waals surface area (Å²) in [5.74, 6) is -1.28. The van der Waals surface area contributed by atoms with Crippen molar-refractivity contribution in [3.63, 3.8) is 0 Å². The van der Waals surface area contributed by atoms with Gasteiger partial charge in [-0.1, -0.05) is 12.1 Å². The number of hydrogen-bond acceptors (Lipinski definition) is 5. The molecule has 7 heteroatoms. The summed E-state index contributed by atoms with van der Waals surface area (Å²) in [5, 5.41) is 0. The van der Waals surface area contributed by atoms with E-state index in [9.17, 15) is 14.0 Å². The molecule has 6 nitrogen and oxygen atoms in total. The number of rotatable bonds is 4. The van der Waals surface area contributed by atoms with Gasteiger partial charge in [0.1, 0.15) is 12.1 Å². The van der Waals surface area contributed by atoms with Crippen LogP contribution >= 0.6 is 0 Å². The van der Waals surface area contributed by atoms with Crippen LogP contribution in [0.4, 0.5) is 4.39 Å². The Morgan fingerprint density at radius 1 is 1.24 bits per heavy atom. The van der Waals surface area contributed by atoms with E-state index in [-0.39, 0.29) is 24.6 Å². The molecule has 1 aliphatic heterocycles. The van der Waals surface area contributed by atoms with Crippen LogP contribution in [0.15, 0.2) is 48.8 Å². The van der Waals surface area contributed by atoms with Gasteiger partial charge in [0.2, 0.25) is 0 Å². The van der Waals surface area contributed by atoms with Gasteiger partial charge in [-0.25, -0.2) is 9.18 Å². The first-order valence-electron chi connectivity index (χ1n) is 7.80. The van der Waals surface area contributed by atoms with Gasteiger partial charge in [-0.05, 0) is 24.3 Å². The minimum atomic E-state index is -0.783. The highest BCUT2D eigenvalue weighted by Gasteiger charge is 2.42. The second-order valence-corrected chi connectivity index (χ2v) is 5.64. The Morgan fingerprint density at radius 2 is 2.04 bits per heavy atom. The molecular formula is C18H17FN2O4. The summed E-state index contributed by atoms with van der Waals surface area (Å²) < 4.78 is 24.2. The van der Waals surface area contributed by atoms with Crippen LogP contribution in [0.2, 0.25) is 0 Å². The number of methoxy groups -OCH3 is 1. The maximum atomic E-state index is 13.8. The lowest BCUT2D eigenvalue weighted by Gasteiger charge is -2.22. The summed E-state index contributed by atoms with van der Waals surface area (Å²) in [4.78, 5) is 30.1. The van der Waals surface area contributed by atoms with E-state index in [0.717, 1.165) is 0 Å². The standard InChI is InChI=1S/C18H17FN2O4/c1-24-18(23)15-9-13(25-16-7-3-2-6-14(16)19)11-21(15)17(22)12-5-4-8-20-10-12/h2-8,10,13,15H,9,11H2,1H3/t13-,15-/m1/s1. The molecule has 0 spiro atoms. The van der Waals surface area contributed by atoms with Crippen LogP contribution in [-0.2, 0) is 9.53 Å². The zero-order valence-corrected chi connectivity index (χ0v) is 13.6. The minimum absolute atomic E-state index is 0.0896. The fourth-order valence-corrected chi connectivity index (χ4v) is 2.84. The number of aromatic nitrogens is 1. The predicted molar refractivity (Wildman–Crippen MR) is 86.5 cm³/mol. The molecule has 130 valence electrons. The summed E-state index contributed by atoms with van der Waals surface area (Å²) >= 11 is 0. The number of hydrogen-bond donors (Lipinski definition) is 0. The first-order chi connectivity index (χ1) is 12.1. The number of pyridine rings is 1. The lowest BCUT2D eigenvalue weighted by molar-refractivity contribution is -0.145. The highest BCUT2D eigenvalue weighted by atomic mass is 19.1. The number of ether oxygens (including phenoxy) is 2. The van der Waals surface area contributed by atoms with Crippen LogP contribution < -0.4 is 4.74 Å². The zero-order chi connectivity index (χ0) is 17.8. The van der Waals surface area contributed by atoms with Gasteiger partial charge in [0.05, 0.1) is 19.2 Å². The molecule has 0 saturated carbocycles. The smallest absolute Gasteiger partial charge is 0.328 e. The Hall–Kier alpha value is -2.96. The molecule has 1 fully saturated rings. The molecule has 0 N–H and O–H groups in total. The third-order valence-corrected chi connectivity index (χ3v) is 4.04. The normalized spacial score (nSPS) is 19.5. The second-order valence-electron chi connectivity index (χ2n) is 5.64. The Balaban J connectivity index is 1.80. The van der Waals surface area contributed by atoms with Crippen molar-refractivity contribution < 1.29 is 23.5 Å². The number of esters is 1. The number of nitrogens with zero attached hydrogens (tertiary/aromatic N) is 2. The van der Waals surface area contributed by atoms with Crippen molar-refractivity contribution in [3.8, 4) is 5.75 Å². The Labute approximate surface area is 144 Å². The third-order valence-electron chi connectivity index (χ3n) is 4.04. The molecule has 0 unspecified atom stereocenters. The molecule has 0 bridgehead atoms. The molecule has 0 radical (unpaired) electrons. The van der Waals surface area contributed by atoms with E-state index in [1.165, 1.54) is 30.3 Å². The fraction of sp³-hybridized carbons (Fsp3) is 0.278. The van der Waals surface area contributed by atoms with E-state index in [2.05, 4.69) is 4.98 Å². The van der Waals surface area contributed by atoms with Gasteiger partial charge in [0, 0.05) is 18.8 Å². The third kappa shape index (κ3) is 3.60. The van der Waals surface area contributed by atoms with Gasteiger partial charge < -0.3 is 14.4 Å². The molecule has 1 saturated heterocycles. The molecule has 2 heterocycles. The number of likely N-dealkylation sites (tertiary alicyclic amines) is 1. The molecule has 2 aromatic rings. The molecular weight excluding hydrogens is 327 g/mol. The zero-order valence-electron chi connectivity index (χ0n) is 13.6. The van der Waals surface area contributed by atoms with Gasteiger partial charge in [-0.3, -0.25) is 9.78 Å². The molecule has 0 aliphatic carbocycles. The number of benzene rings is 1. The van der Waals surface area contributed by atoms with Crippen LogP contribution in [0, 0.1) is 5.82 Å². The fourth-order valence-electron chi connectivity index (χ4n) is 2.84. The van der Waals surface area contributed by atoms with E-state index in [1.54, 1.807) is 30.5 Å². The first-order valence-corrected chi connectivity index (χ1v) is 7.80. The first kappa shape index (κ1) is 16.9. The number of carbonyl (C=O) groups excluding carboxylic acids is 2. The lowest BCUT2D eigenvalue weighted by Crippen LogP contribution is -2.41. The van der Waals surface area contributed by atoms with Crippen molar-refractivity contribution in [2.45, 2.75) is 18.6 Å². The van der Waals surface area contributed by atoms with E-state index < -0.39 is 23.9 Å². The van der Waals surface area contributed by atoms with Gasteiger partial charge in [-0.2, -0.15) is 0 Å². The van der Waals surface area contributed by atoms with Crippen LogP contribution in [0.25, 0.3) is 0 Å². The van der Waals surface area contributed by atoms with E-state index in [1.807, 2.05) is 0 Å². The summed E-state index contributed by atoms with van der Waals surface area (Å²) in [7, 11) is 1.26. The molecule has 3 rings (SSSR count). The van der Waals surface area contributed by atoms with Crippen LogP contribution in [-0.4, -0.2) is 47.6 Å². The summed E-state index contributed by atoms with van der Waals surface area (Å²) in [6, 6.07) is 8.50. The second kappa shape index (κ2) is 7.29. The summed E-state index contributed by atoms with van der Waals surface area (Å²) in [6.07, 6.45) is 2.71. The van der Waals surface area contributed by atoms with Gasteiger partial charge >= 0.3 is 5.97 Å².